The van der Waals surface area contributed by atoms with Crippen molar-refractivity contribution in [2.24, 2.45) is 5.92 Å². The van der Waals surface area contributed by atoms with E-state index in [1.807, 2.05) is 30.3 Å². The number of nitrogens with one attached hydrogen (secondary N) is 1. The topological polar surface area (TPSA) is 183 Å². The lowest BCUT2D eigenvalue weighted by molar-refractivity contribution is -0.385. The molecule has 1 fully saturated rings. The molecule has 0 saturated carbocycles. The summed E-state index contributed by atoms with van der Waals surface area (Å²) in [5.74, 6) is -2.08. The standard InChI is InChI=1S/C35H42N4O9Si/c1-22-32(49(3,4)47)30(19-31(42)37(15-16-40)20-24-9-6-5-7-10-24)48-35(22)28-18-27(39(45)46)13-14-29(28)38(34(35)44)21-25-11-8-12-26(17-25)36-33(43)23(2)41/h5-14,17-18,22-23,30,32,40-41,47H,15-16,19-21H2,1-4H3,(H,36,43)/t22-,23+,30+,32-,35+/m1/s1. The molecular weight excluding hydrogens is 648 g/mol. The number of hydrogen-bond acceptors (Lipinski definition) is 9. The fourth-order valence-corrected chi connectivity index (χ4v) is 9.78. The van der Waals surface area contributed by atoms with Gasteiger partial charge in [-0.05, 0) is 49.3 Å². The first kappa shape index (κ1) is 35.8. The molecule has 2 aliphatic rings. The second-order valence-electron chi connectivity index (χ2n) is 13.3. The summed E-state index contributed by atoms with van der Waals surface area (Å²) in [5.41, 5.74) is 0.00987. The van der Waals surface area contributed by atoms with Crippen molar-refractivity contribution in [3.63, 3.8) is 0 Å². The van der Waals surface area contributed by atoms with Crippen LogP contribution in [0.4, 0.5) is 17.1 Å². The Kier molecular flexibility index (Phi) is 10.4. The van der Waals surface area contributed by atoms with E-state index >= 15 is 0 Å². The third-order valence-corrected chi connectivity index (χ3v) is 11.9. The molecule has 5 atom stereocenters. The van der Waals surface area contributed by atoms with Gasteiger partial charge in [-0.3, -0.25) is 24.5 Å². The molecule has 0 bridgehead atoms. The van der Waals surface area contributed by atoms with Gasteiger partial charge in [-0.1, -0.05) is 49.4 Å². The van der Waals surface area contributed by atoms with Crippen molar-refractivity contribution in [2.45, 2.75) is 69.8 Å². The predicted molar refractivity (Wildman–Crippen MR) is 184 cm³/mol. The quantitative estimate of drug-likeness (QED) is 0.125. The second kappa shape index (κ2) is 14.2. The highest BCUT2D eigenvalue weighted by Gasteiger charge is 2.66. The molecule has 1 saturated heterocycles. The average Bonchev–Trinajstić information content (AvgIpc) is 3.47. The summed E-state index contributed by atoms with van der Waals surface area (Å²) in [5, 5.41) is 34.0. The molecule has 2 aliphatic heterocycles. The third-order valence-electron chi connectivity index (χ3n) is 9.41. The first-order chi connectivity index (χ1) is 23.2. The van der Waals surface area contributed by atoms with Crippen molar-refractivity contribution < 1.29 is 39.1 Å². The normalized spacial score (nSPS) is 22.2. The molecule has 260 valence electrons. The van der Waals surface area contributed by atoms with Crippen LogP contribution in [0.2, 0.25) is 18.6 Å². The molecule has 13 nitrogen and oxygen atoms in total. The Balaban J connectivity index is 1.52. The van der Waals surface area contributed by atoms with E-state index in [2.05, 4.69) is 5.32 Å². The Morgan fingerprint density at radius 2 is 1.80 bits per heavy atom. The fourth-order valence-electron chi connectivity index (χ4n) is 7.23. The molecule has 1 spiro atoms. The number of aliphatic hydroxyl groups is 2. The van der Waals surface area contributed by atoms with Crippen LogP contribution in [0.1, 0.15) is 37.0 Å². The van der Waals surface area contributed by atoms with Gasteiger partial charge in [0.2, 0.25) is 5.91 Å². The summed E-state index contributed by atoms with van der Waals surface area (Å²) in [6, 6.07) is 20.3. The molecule has 0 aliphatic carbocycles. The van der Waals surface area contributed by atoms with Gasteiger partial charge in [0, 0.05) is 47.9 Å². The van der Waals surface area contributed by atoms with Crippen molar-refractivity contribution in [1.82, 2.24) is 4.90 Å². The van der Waals surface area contributed by atoms with Gasteiger partial charge in [0.25, 0.3) is 17.5 Å². The monoisotopic (exact) mass is 690 g/mol. The maximum absolute atomic E-state index is 14.7. The van der Waals surface area contributed by atoms with Crippen LogP contribution in [0.25, 0.3) is 0 Å². The number of aliphatic hydroxyl groups excluding tert-OH is 2. The van der Waals surface area contributed by atoms with Gasteiger partial charge in [0.1, 0.15) is 6.10 Å². The highest BCUT2D eigenvalue weighted by Crippen LogP contribution is 2.60. The average molecular weight is 691 g/mol. The molecule has 0 unspecified atom stereocenters. The molecule has 4 N–H and O–H groups in total. The Hall–Kier alpha value is -4.47. The predicted octanol–water partition coefficient (Wildman–Crippen LogP) is 3.67. The molecule has 0 aromatic heterocycles. The van der Waals surface area contributed by atoms with Gasteiger partial charge in [0.15, 0.2) is 13.9 Å². The Bertz CT molecular complexity index is 1730. The number of ether oxygens (including phenoxy) is 1. The molecule has 2 heterocycles. The van der Waals surface area contributed by atoms with E-state index in [9.17, 15) is 39.5 Å². The van der Waals surface area contributed by atoms with E-state index in [0.717, 1.165) is 5.56 Å². The zero-order valence-electron chi connectivity index (χ0n) is 27.9. The van der Waals surface area contributed by atoms with Crippen LogP contribution >= 0.6 is 0 Å². The number of nitrogens with zero attached hydrogens (tertiary/aromatic N) is 3. The summed E-state index contributed by atoms with van der Waals surface area (Å²) in [7, 11) is -3.16. The first-order valence-corrected chi connectivity index (χ1v) is 19.2. The van der Waals surface area contributed by atoms with Gasteiger partial charge in [-0.2, -0.15) is 0 Å². The lowest BCUT2D eigenvalue weighted by Gasteiger charge is -2.32. The smallest absolute Gasteiger partial charge is 0.269 e. The van der Waals surface area contributed by atoms with Crippen LogP contribution in [0.5, 0.6) is 0 Å². The van der Waals surface area contributed by atoms with Crippen LogP contribution in [-0.2, 0) is 37.8 Å². The summed E-state index contributed by atoms with van der Waals surface area (Å²) in [6.07, 6.45) is -2.31. The molecule has 14 heteroatoms. The van der Waals surface area contributed by atoms with Crippen molar-refractivity contribution >= 4 is 43.1 Å². The molecule has 0 radical (unpaired) electrons. The Labute approximate surface area is 285 Å². The number of rotatable bonds is 12. The van der Waals surface area contributed by atoms with Gasteiger partial charge in [-0.25, -0.2) is 0 Å². The maximum atomic E-state index is 14.7. The summed E-state index contributed by atoms with van der Waals surface area (Å²) in [6.45, 7) is 6.66. The number of anilines is 2. The van der Waals surface area contributed by atoms with E-state index in [4.69, 9.17) is 4.74 Å². The van der Waals surface area contributed by atoms with Gasteiger partial charge < -0.3 is 34.9 Å². The number of non-ortho nitro benzene ring substituents is 1. The second-order valence-corrected chi connectivity index (χ2v) is 17.3. The largest absolute Gasteiger partial charge is 0.432 e. The van der Waals surface area contributed by atoms with Crippen molar-refractivity contribution in [1.29, 1.82) is 0 Å². The number of benzene rings is 3. The van der Waals surface area contributed by atoms with Crippen LogP contribution in [0.3, 0.4) is 0 Å². The van der Waals surface area contributed by atoms with E-state index in [1.54, 1.807) is 44.3 Å². The molecule has 3 aromatic carbocycles. The van der Waals surface area contributed by atoms with Gasteiger partial charge >= 0.3 is 0 Å². The molecule has 5 rings (SSSR count). The van der Waals surface area contributed by atoms with Crippen LogP contribution in [-0.4, -0.2) is 76.2 Å². The number of carbonyl (C=O) groups is 3. The summed E-state index contributed by atoms with van der Waals surface area (Å²) < 4.78 is 6.72. The van der Waals surface area contributed by atoms with Crippen LogP contribution in [0.15, 0.2) is 72.8 Å². The highest BCUT2D eigenvalue weighted by molar-refractivity contribution is 6.71. The van der Waals surface area contributed by atoms with E-state index in [0.29, 0.717) is 16.9 Å². The van der Waals surface area contributed by atoms with E-state index in [-0.39, 0.29) is 49.8 Å². The van der Waals surface area contributed by atoms with Crippen molar-refractivity contribution in [3.8, 4) is 0 Å². The van der Waals surface area contributed by atoms with Gasteiger partial charge in [-0.15, -0.1) is 0 Å². The number of fused-ring (bicyclic) bond motifs is 2. The summed E-state index contributed by atoms with van der Waals surface area (Å²) in [4.78, 5) is 66.7. The van der Waals surface area contributed by atoms with E-state index < -0.39 is 54.3 Å². The Morgan fingerprint density at radius 3 is 2.43 bits per heavy atom. The minimum Gasteiger partial charge on any atom is -0.432 e. The number of amides is 3. The molecule has 3 aromatic rings. The molecule has 3 amide bonds. The number of hydrogen-bond donors (Lipinski definition) is 4. The van der Waals surface area contributed by atoms with Crippen molar-refractivity contribution in [3.05, 3.63) is 99.6 Å². The number of nitro benzene ring substituents is 1. The molecular formula is C35H42N4O9Si. The SMILES string of the molecule is C[C@H](O)C(=O)Nc1cccc(CN2C(=O)[C@@]3(O[C@@H](CC(=O)N(CCO)Cc4ccccc4)[C@H]([Si](C)(C)O)[C@H]3C)c3cc([N+](=O)[O-])ccc32)c1. The van der Waals surface area contributed by atoms with Gasteiger partial charge in [0.05, 0.1) is 36.3 Å². The Morgan fingerprint density at radius 1 is 1.10 bits per heavy atom. The minimum atomic E-state index is -3.16. The third kappa shape index (κ3) is 7.14. The number of nitro groups is 1. The maximum Gasteiger partial charge on any atom is 0.269 e. The first-order valence-electron chi connectivity index (χ1n) is 16.2. The lowest BCUT2D eigenvalue weighted by atomic mass is 9.82. The van der Waals surface area contributed by atoms with Crippen molar-refractivity contribution in [2.75, 3.05) is 23.4 Å². The summed E-state index contributed by atoms with van der Waals surface area (Å²) >= 11 is 0. The number of carbonyl (C=O) groups excluding carboxylic acids is 3. The minimum absolute atomic E-state index is 0.0232. The van der Waals surface area contributed by atoms with Crippen LogP contribution < -0.4 is 10.2 Å². The molecule has 49 heavy (non-hydrogen) atoms. The van der Waals surface area contributed by atoms with Crippen LogP contribution in [0, 0.1) is 16.0 Å². The zero-order valence-corrected chi connectivity index (χ0v) is 28.9. The zero-order chi connectivity index (χ0) is 35.7. The fraction of sp³-hybridized carbons (Fsp3) is 0.400. The highest BCUT2D eigenvalue weighted by atomic mass is 28.4. The van der Waals surface area contributed by atoms with E-state index in [1.165, 1.54) is 34.9 Å². The lowest BCUT2D eigenvalue weighted by Crippen LogP contribution is -2.46.